The largest absolute Gasteiger partial charge is 0.320 e. The zero-order valence-corrected chi connectivity index (χ0v) is 11.1. The molecule has 0 bridgehead atoms. The first-order chi connectivity index (χ1) is 10.1. The van der Waals surface area contributed by atoms with Crippen LogP contribution >= 0.6 is 0 Å². The summed E-state index contributed by atoms with van der Waals surface area (Å²) in [6.45, 7) is 1.80. The lowest BCUT2D eigenvalue weighted by atomic mass is 10.2. The van der Waals surface area contributed by atoms with Gasteiger partial charge in [-0.05, 0) is 37.3 Å². The van der Waals surface area contributed by atoms with E-state index in [0.717, 1.165) is 29.5 Å². The van der Waals surface area contributed by atoms with Crippen molar-refractivity contribution in [1.82, 2.24) is 9.38 Å². The van der Waals surface area contributed by atoms with Crippen LogP contribution in [-0.4, -0.2) is 15.3 Å². The number of hydrogen-bond acceptors (Lipinski definition) is 2. The summed E-state index contributed by atoms with van der Waals surface area (Å²) in [5.41, 5.74) is 1.66. The monoisotopic (exact) mass is 287 g/mol. The Balaban J connectivity index is 1.96. The van der Waals surface area contributed by atoms with Gasteiger partial charge in [0.1, 0.15) is 17.3 Å². The Kier molecular flexibility index (Phi) is 3.13. The summed E-state index contributed by atoms with van der Waals surface area (Å²) in [4.78, 5) is 16.2. The van der Waals surface area contributed by atoms with E-state index in [-0.39, 0.29) is 5.56 Å². The van der Waals surface area contributed by atoms with Crippen molar-refractivity contribution in [2.24, 2.45) is 0 Å². The van der Waals surface area contributed by atoms with Gasteiger partial charge >= 0.3 is 0 Å². The fraction of sp³-hybridized carbons (Fsp3) is 0.0667. The van der Waals surface area contributed by atoms with E-state index >= 15 is 0 Å². The van der Waals surface area contributed by atoms with Gasteiger partial charge in [0.2, 0.25) is 0 Å². The highest BCUT2D eigenvalue weighted by Crippen LogP contribution is 2.18. The molecular formula is C15H11F2N3O. The second-order valence-corrected chi connectivity index (χ2v) is 4.57. The molecular weight excluding hydrogens is 276 g/mol. The number of benzene rings is 1. The molecule has 6 heteroatoms. The number of anilines is 1. The van der Waals surface area contributed by atoms with Crippen LogP contribution in [0.1, 0.15) is 16.1 Å². The van der Waals surface area contributed by atoms with E-state index in [0.29, 0.717) is 5.69 Å². The van der Waals surface area contributed by atoms with Crippen molar-refractivity contribution in [2.75, 3.05) is 5.32 Å². The second-order valence-electron chi connectivity index (χ2n) is 4.57. The molecule has 0 spiro atoms. The minimum atomic E-state index is -0.768. The SMILES string of the molecule is Cc1c(NC(=O)c2cc(F)ccc2F)ccc2nccn12. The van der Waals surface area contributed by atoms with Crippen LogP contribution < -0.4 is 5.32 Å². The maximum absolute atomic E-state index is 13.6. The van der Waals surface area contributed by atoms with Crippen LogP contribution in [0.25, 0.3) is 5.65 Å². The summed E-state index contributed by atoms with van der Waals surface area (Å²) in [7, 11) is 0. The van der Waals surface area contributed by atoms with Gasteiger partial charge in [0.25, 0.3) is 5.91 Å². The Morgan fingerprint density at radius 2 is 2.05 bits per heavy atom. The third-order valence-electron chi connectivity index (χ3n) is 3.24. The molecule has 3 aromatic rings. The predicted octanol–water partition coefficient (Wildman–Crippen LogP) is 3.17. The van der Waals surface area contributed by atoms with Gasteiger partial charge in [-0.2, -0.15) is 0 Å². The van der Waals surface area contributed by atoms with Crippen molar-refractivity contribution < 1.29 is 13.6 Å². The van der Waals surface area contributed by atoms with Crippen molar-refractivity contribution in [3.63, 3.8) is 0 Å². The van der Waals surface area contributed by atoms with Crippen molar-refractivity contribution in [3.05, 3.63) is 65.6 Å². The number of aromatic nitrogens is 2. The normalized spacial score (nSPS) is 10.8. The van der Waals surface area contributed by atoms with E-state index in [1.807, 2.05) is 0 Å². The topological polar surface area (TPSA) is 46.4 Å². The molecule has 0 saturated carbocycles. The van der Waals surface area contributed by atoms with Crippen molar-refractivity contribution in [3.8, 4) is 0 Å². The van der Waals surface area contributed by atoms with Crippen LogP contribution in [0.2, 0.25) is 0 Å². The first kappa shape index (κ1) is 13.2. The molecule has 1 aromatic carbocycles. The van der Waals surface area contributed by atoms with Crippen LogP contribution in [0.15, 0.2) is 42.7 Å². The zero-order valence-electron chi connectivity index (χ0n) is 11.1. The summed E-state index contributed by atoms with van der Waals surface area (Å²) < 4.78 is 28.5. The third-order valence-corrected chi connectivity index (χ3v) is 3.24. The highest BCUT2D eigenvalue weighted by Gasteiger charge is 2.14. The Labute approximate surface area is 119 Å². The molecule has 0 aliphatic carbocycles. The zero-order chi connectivity index (χ0) is 15.0. The van der Waals surface area contributed by atoms with Crippen LogP contribution in [0.4, 0.5) is 14.5 Å². The van der Waals surface area contributed by atoms with Crippen LogP contribution in [-0.2, 0) is 0 Å². The lowest BCUT2D eigenvalue weighted by molar-refractivity contribution is 0.102. The Bertz CT molecular complexity index is 842. The number of amides is 1. The van der Waals surface area contributed by atoms with Gasteiger partial charge in [-0.1, -0.05) is 0 Å². The second kappa shape index (κ2) is 4.97. The van der Waals surface area contributed by atoms with E-state index in [4.69, 9.17) is 0 Å². The van der Waals surface area contributed by atoms with Gasteiger partial charge in [-0.15, -0.1) is 0 Å². The first-order valence-corrected chi connectivity index (χ1v) is 6.25. The molecule has 2 aromatic heterocycles. The number of rotatable bonds is 2. The first-order valence-electron chi connectivity index (χ1n) is 6.25. The van der Waals surface area contributed by atoms with Gasteiger partial charge in [-0.3, -0.25) is 4.79 Å². The molecule has 21 heavy (non-hydrogen) atoms. The van der Waals surface area contributed by atoms with E-state index in [2.05, 4.69) is 10.3 Å². The highest BCUT2D eigenvalue weighted by molar-refractivity contribution is 6.04. The summed E-state index contributed by atoms with van der Waals surface area (Å²) in [6.07, 6.45) is 3.39. The van der Waals surface area contributed by atoms with Crippen molar-refractivity contribution in [2.45, 2.75) is 6.92 Å². The van der Waals surface area contributed by atoms with Gasteiger partial charge in [0, 0.05) is 18.1 Å². The number of nitrogens with zero attached hydrogens (tertiary/aromatic N) is 2. The molecule has 0 fully saturated rings. The fourth-order valence-electron chi connectivity index (χ4n) is 2.12. The molecule has 0 atom stereocenters. The molecule has 4 nitrogen and oxygen atoms in total. The summed E-state index contributed by atoms with van der Waals surface area (Å²) in [6, 6.07) is 6.16. The molecule has 1 amide bonds. The summed E-state index contributed by atoms with van der Waals surface area (Å²) >= 11 is 0. The number of fused-ring (bicyclic) bond motifs is 1. The molecule has 0 saturated heterocycles. The van der Waals surface area contributed by atoms with E-state index in [1.165, 1.54) is 0 Å². The number of carbonyl (C=O) groups is 1. The van der Waals surface area contributed by atoms with Gasteiger partial charge in [0.15, 0.2) is 0 Å². The number of halogens is 2. The quantitative estimate of drug-likeness (QED) is 0.787. The number of hydrogen-bond donors (Lipinski definition) is 1. The Morgan fingerprint density at radius 1 is 1.24 bits per heavy atom. The molecule has 0 unspecified atom stereocenters. The molecule has 0 aliphatic heterocycles. The summed E-state index contributed by atoms with van der Waals surface area (Å²) in [5, 5.41) is 2.58. The standard InChI is InChI=1S/C15H11F2N3O/c1-9-13(4-5-14-18-6-7-20(9)14)19-15(21)11-8-10(16)2-3-12(11)17/h2-8H,1H3,(H,19,21). The Morgan fingerprint density at radius 3 is 2.86 bits per heavy atom. The maximum Gasteiger partial charge on any atom is 0.258 e. The highest BCUT2D eigenvalue weighted by atomic mass is 19.1. The van der Waals surface area contributed by atoms with Gasteiger partial charge in [0.05, 0.1) is 11.3 Å². The van der Waals surface area contributed by atoms with Crippen LogP contribution in [0.5, 0.6) is 0 Å². The van der Waals surface area contributed by atoms with Crippen LogP contribution in [0, 0.1) is 18.6 Å². The molecule has 0 aliphatic rings. The predicted molar refractivity (Wildman–Crippen MR) is 74.2 cm³/mol. The molecule has 2 heterocycles. The fourth-order valence-corrected chi connectivity index (χ4v) is 2.12. The Hall–Kier alpha value is -2.76. The minimum Gasteiger partial charge on any atom is -0.320 e. The number of nitrogens with one attached hydrogen (secondary N) is 1. The number of carbonyl (C=O) groups excluding carboxylic acids is 1. The molecule has 1 N–H and O–H groups in total. The molecule has 106 valence electrons. The lowest BCUT2D eigenvalue weighted by Gasteiger charge is -2.10. The third kappa shape index (κ3) is 2.35. The number of pyridine rings is 1. The van der Waals surface area contributed by atoms with Crippen molar-refractivity contribution >= 4 is 17.2 Å². The van der Waals surface area contributed by atoms with E-state index in [9.17, 15) is 13.6 Å². The number of aryl methyl sites for hydroxylation is 1. The maximum atomic E-state index is 13.6. The lowest BCUT2D eigenvalue weighted by Crippen LogP contribution is -2.15. The van der Waals surface area contributed by atoms with Crippen molar-refractivity contribution in [1.29, 1.82) is 0 Å². The minimum absolute atomic E-state index is 0.333. The van der Waals surface area contributed by atoms with E-state index < -0.39 is 17.5 Å². The molecule has 0 radical (unpaired) electrons. The van der Waals surface area contributed by atoms with Gasteiger partial charge < -0.3 is 9.72 Å². The average Bonchev–Trinajstić information content (AvgIpc) is 2.93. The smallest absolute Gasteiger partial charge is 0.258 e. The summed E-state index contributed by atoms with van der Waals surface area (Å²) in [5.74, 6) is -2.13. The molecule has 3 rings (SSSR count). The number of imidazole rings is 1. The van der Waals surface area contributed by atoms with E-state index in [1.54, 1.807) is 35.9 Å². The van der Waals surface area contributed by atoms with Gasteiger partial charge in [-0.25, -0.2) is 13.8 Å². The van der Waals surface area contributed by atoms with Crippen LogP contribution in [0.3, 0.4) is 0 Å². The average molecular weight is 287 g/mol.